The molecule has 5 aliphatic heterocycles. The van der Waals surface area contributed by atoms with Crippen molar-refractivity contribution in [3.63, 3.8) is 0 Å². The van der Waals surface area contributed by atoms with Crippen LogP contribution in [0, 0.1) is 34.5 Å². The summed E-state index contributed by atoms with van der Waals surface area (Å²) in [6.45, 7) is 9.78. The van der Waals surface area contributed by atoms with Gasteiger partial charge in [0.05, 0.1) is 37.6 Å². The lowest BCUT2D eigenvalue weighted by atomic mass is 9.46. The van der Waals surface area contributed by atoms with E-state index in [-0.39, 0.29) is 22.9 Å². The van der Waals surface area contributed by atoms with Gasteiger partial charge in [-0.25, -0.2) is 0 Å². The first-order chi connectivity index (χ1) is 28.9. The second-order valence-electron chi connectivity index (χ2n) is 20.5. The summed E-state index contributed by atoms with van der Waals surface area (Å²) in [6.07, 6.45) is -11.5. The van der Waals surface area contributed by atoms with Gasteiger partial charge in [0, 0.05) is 17.8 Å². The molecule has 17 nitrogen and oxygen atoms in total. The topological polar surface area (TPSA) is 256 Å². The van der Waals surface area contributed by atoms with Crippen molar-refractivity contribution in [2.75, 3.05) is 13.2 Å². The predicted molar refractivity (Wildman–Crippen MR) is 210 cm³/mol. The number of aliphatic hydroxyl groups is 9. The highest BCUT2D eigenvalue weighted by Crippen LogP contribution is 2.72. The van der Waals surface area contributed by atoms with E-state index in [1.807, 2.05) is 0 Å². The van der Waals surface area contributed by atoms with Crippen LogP contribution in [0.3, 0.4) is 0 Å². The summed E-state index contributed by atoms with van der Waals surface area (Å²) < 4.78 is 49.6. The molecular weight excluding hydrogens is 800 g/mol. The summed E-state index contributed by atoms with van der Waals surface area (Å²) >= 11 is 0. The van der Waals surface area contributed by atoms with Crippen molar-refractivity contribution in [3.8, 4) is 0 Å². The molecule has 1 spiro atoms. The molecule has 4 aliphatic carbocycles. The van der Waals surface area contributed by atoms with Crippen LogP contribution in [0.2, 0.25) is 0 Å². The first-order valence-electron chi connectivity index (χ1n) is 22.9. The third kappa shape index (κ3) is 6.97. The lowest BCUT2D eigenvalue weighted by Crippen LogP contribution is -2.66. The number of hydrogen-bond acceptors (Lipinski definition) is 17. The van der Waals surface area contributed by atoms with Gasteiger partial charge in [-0.1, -0.05) is 32.4 Å². The minimum Gasteiger partial charge on any atom is -0.394 e. The van der Waals surface area contributed by atoms with Crippen molar-refractivity contribution in [2.24, 2.45) is 34.5 Å². The molecule has 0 aromatic rings. The first kappa shape index (κ1) is 45.2. The zero-order valence-electron chi connectivity index (χ0n) is 36.0. The van der Waals surface area contributed by atoms with E-state index >= 15 is 0 Å². The van der Waals surface area contributed by atoms with E-state index < -0.39 is 116 Å². The Morgan fingerprint density at radius 3 is 1.98 bits per heavy atom. The number of aliphatic hydroxyl groups excluding tert-OH is 8. The molecule has 9 aliphatic rings. The third-order valence-corrected chi connectivity index (χ3v) is 17.6. The molecule has 348 valence electrons. The average Bonchev–Trinajstić information content (AvgIpc) is 3.59. The maximum Gasteiger partial charge on any atom is 0.187 e. The molecule has 0 aromatic carbocycles. The van der Waals surface area contributed by atoms with Gasteiger partial charge in [0.25, 0.3) is 0 Å². The van der Waals surface area contributed by atoms with Crippen LogP contribution in [0.5, 0.6) is 0 Å². The van der Waals surface area contributed by atoms with Crippen LogP contribution in [0.1, 0.15) is 98.8 Å². The highest BCUT2D eigenvalue weighted by atomic mass is 16.8. The van der Waals surface area contributed by atoms with E-state index in [9.17, 15) is 46.0 Å². The Hall–Kier alpha value is -0.940. The second-order valence-corrected chi connectivity index (χ2v) is 20.5. The quantitative estimate of drug-likeness (QED) is 0.154. The first-order valence-corrected chi connectivity index (χ1v) is 22.9. The smallest absolute Gasteiger partial charge is 0.187 e. The molecule has 17 heteroatoms. The molecule has 5 heterocycles. The van der Waals surface area contributed by atoms with E-state index in [1.165, 1.54) is 19.4 Å². The maximum atomic E-state index is 12.7. The molecular formula is C44H70O17. The largest absolute Gasteiger partial charge is 0.394 e. The zero-order chi connectivity index (χ0) is 43.6. The molecule has 25 atom stereocenters. The maximum absolute atomic E-state index is 12.7. The summed E-state index contributed by atoms with van der Waals surface area (Å²) in [6, 6.07) is 0. The summed E-state index contributed by atoms with van der Waals surface area (Å²) in [7, 11) is 0. The molecule has 0 aromatic heterocycles. The lowest BCUT2D eigenvalue weighted by molar-refractivity contribution is -0.388. The Morgan fingerprint density at radius 1 is 0.705 bits per heavy atom. The van der Waals surface area contributed by atoms with Crippen LogP contribution in [-0.2, 0) is 37.9 Å². The van der Waals surface area contributed by atoms with Crippen LogP contribution in [0.15, 0.2) is 11.6 Å². The Bertz CT molecular complexity index is 1610. The molecule has 25 unspecified atom stereocenters. The summed E-state index contributed by atoms with van der Waals surface area (Å²) in [5.41, 5.74) is -0.0842. The van der Waals surface area contributed by atoms with Gasteiger partial charge in [0.2, 0.25) is 0 Å². The molecule has 0 bridgehead atoms. The van der Waals surface area contributed by atoms with Gasteiger partial charge in [0.1, 0.15) is 66.6 Å². The highest BCUT2D eigenvalue weighted by Gasteiger charge is 2.76. The zero-order valence-corrected chi connectivity index (χ0v) is 36.0. The molecule has 0 radical (unpaired) electrons. The standard InChI is InChI=1S/C44H70O17/c1-19-29(46)31(48)33(50)38(55-19)59-36-27(18-45)58-40(37(35(36)52)60-39-34(51)32(49)30(47)20(2)56-39)57-23-10-13-41(4)22(16-23)8-9-24-25(41)11-14-42(5)26(24)17-28-44(42,53)21(3)43(61-28)12-6-7-15-54-43/h8,19-21,23-40,45-53H,6-7,9-18H2,1-5H3. The Balaban J connectivity index is 0.928. The fourth-order valence-corrected chi connectivity index (χ4v) is 13.8. The Morgan fingerprint density at radius 2 is 1.36 bits per heavy atom. The van der Waals surface area contributed by atoms with Crippen molar-refractivity contribution >= 4 is 0 Å². The summed E-state index contributed by atoms with van der Waals surface area (Å²) in [5, 5.41) is 98.6. The highest BCUT2D eigenvalue weighted by molar-refractivity contribution is 5.29. The summed E-state index contributed by atoms with van der Waals surface area (Å²) in [5.74, 6) is 0.252. The van der Waals surface area contributed by atoms with E-state index in [0.29, 0.717) is 37.2 Å². The van der Waals surface area contributed by atoms with Gasteiger partial charge in [-0.2, -0.15) is 0 Å². The van der Waals surface area contributed by atoms with Crippen molar-refractivity contribution < 1.29 is 83.9 Å². The minimum absolute atomic E-state index is 0.108. The van der Waals surface area contributed by atoms with Crippen LogP contribution in [-0.4, -0.2) is 175 Å². The molecule has 5 saturated heterocycles. The Kier molecular flexibility index (Phi) is 12.2. The van der Waals surface area contributed by atoms with E-state index in [1.54, 1.807) is 0 Å². The van der Waals surface area contributed by atoms with Gasteiger partial charge >= 0.3 is 0 Å². The van der Waals surface area contributed by atoms with Crippen molar-refractivity contribution in [1.29, 1.82) is 0 Å². The molecule has 9 rings (SSSR count). The van der Waals surface area contributed by atoms with Crippen molar-refractivity contribution in [1.82, 2.24) is 0 Å². The third-order valence-electron chi connectivity index (χ3n) is 17.6. The molecule has 61 heavy (non-hydrogen) atoms. The van der Waals surface area contributed by atoms with Gasteiger partial charge in [-0.15, -0.1) is 0 Å². The molecule has 9 N–H and O–H groups in total. The fraction of sp³-hybridized carbons (Fsp3) is 0.955. The van der Waals surface area contributed by atoms with E-state index in [0.717, 1.165) is 51.4 Å². The average molecular weight is 871 g/mol. The van der Waals surface area contributed by atoms with Crippen LogP contribution in [0.25, 0.3) is 0 Å². The number of fused-ring (bicyclic) bond motifs is 7. The number of hydrogen-bond donors (Lipinski definition) is 9. The van der Waals surface area contributed by atoms with Gasteiger partial charge in [0.15, 0.2) is 24.7 Å². The predicted octanol–water partition coefficient (Wildman–Crippen LogP) is 0.111. The number of ether oxygens (including phenoxy) is 8. The Labute approximate surface area is 357 Å². The summed E-state index contributed by atoms with van der Waals surface area (Å²) in [4.78, 5) is 0. The van der Waals surface area contributed by atoms with E-state index in [2.05, 4.69) is 26.8 Å². The van der Waals surface area contributed by atoms with Gasteiger partial charge in [-0.05, 0) is 94.8 Å². The fourth-order valence-electron chi connectivity index (χ4n) is 13.8. The monoisotopic (exact) mass is 870 g/mol. The number of allylic oxidation sites excluding steroid dienone is 1. The SMILES string of the molecule is CC1OC(OC2C(CO)OC(OC3CCC4(C)C(=CCC5C4CCC4(C)C5CC5OC6(CCCCO6)C(C)C54O)C3)C(OC3OC(C)C(O)C(O)C3O)C2O)C(O)C(O)C1O. The lowest BCUT2D eigenvalue weighted by Gasteiger charge is -2.60. The van der Waals surface area contributed by atoms with Crippen LogP contribution >= 0.6 is 0 Å². The van der Waals surface area contributed by atoms with Crippen LogP contribution < -0.4 is 0 Å². The molecule has 8 fully saturated rings. The normalized spacial score (nSPS) is 58.4. The van der Waals surface area contributed by atoms with Crippen LogP contribution in [0.4, 0.5) is 0 Å². The minimum atomic E-state index is -1.72. The molecule has 3 saturated carbocycles. The number of rotatable bonds is 7. The second kappa shape index (κ2) is 16.4. The van der Waals surface area contributed by atoms with E-state index in [4.69, 9.17) is 37.9 Å². The molecule has 0 amide bonds. The van der Waals surface area contributed by atoms with Gasteiger partial charge < -0.3 is 83.9 Å². The van der Waals surface area contributed by atoms with Crippen molar-refractivity contribution in [3.05, 3.63) is 11.6 Å². The van der Waals surface area contributed by atoms with Gasteiger partial charge in [-0.3, -0.25) is 0 Å². The van der Waals surface area contributed by atoms with Crippen molar-refractivity contribution in [2.45, 2.75) is 215 Å².